The van der Waals surface area contributed by atoms with Crippen molar-refractivity contribution in [2.24, 2.45) is 0 Å². The van der Waals surface area contributed by atoms with E-state index in [1.54, 1.807) is 69.7 Å². The zero-order valence-corrected chi connectivity index (χ0v) is 13.0. The SMILES string of the molecule is CCC(=O)C(O)(c1ccc(OC)cc1)c1ccc(OC)cc1. The predicted molar refractivity (Wildman–Crippen MR) is 84.3 cm³/mol. The lowest BCUT2D eigenvalue weighted by atomic mass is 9.82. The van der Waals surface area contributed by atoms with Crippen LogP contribution in [0.25, 0.3) is 0 Å². The summed E-state index contributed by atoms with van der Waals surface area (Å²) in [7, 11) is 3.14. The summed E-state index contributed by atoms with van der Waals surface area (Å²) in [5, 5.41) is 11.1. The van der Waals surface area contributed by atoms with Crippen molar-refractivity contribution in [2.45, 2.75) is 18.9 Å². The van der Waals surface area contributed by atoms with Gasteiger partial charge in [0.05, 0.1) is 14.2 Å². The number of hydrogen-bond donors (Lipinski definition) is 1. The van der Waals surface area contributed by atoms with E-state index in [9.17, 15) is 9.90 Å². The van der Waals surface area contributed by atoms with Crippen LogP contribution in [0.4, 0.5) is 0 Å². The quantitative estimate of drug-likeness (QED) is 0.891. The molecule has 0 saturated carbocycles. The van der Waals surface area contributed by atoms with Crippen molar-refractivity contribution in [3.05, 3.63) is 59.7 Å². The van der Waals surface area contributed by atoms with Crippen molar-refractivity contribution in [3.8, 4) is 11.5 Å². The van der Waals surface area contributed by atoms with Gasteiger partial charge in [-0.15, -0.1) is 0 Å². The molecule has 0 bridgehead atoms. The minimum atomic E-state index is -1.67. The molecule has 4 heteroatoms. The Hall–Kier alpha value is -2.33. The summed E-state index contributed by atoms with van der Waals surface area (Å²) < 4.78 is 10.2. The third-order valence-corrected chi connectivity index (χ3v) is 3.74. The van der Waals surface area contributed by atoms with Gasteiger partial charge < -0.3 is 14.6 Å². The van der Waals surface area contributed by atoms with Crippen LogP contribution in [0.1, 0.15) is 24.5 Å². The smallest absolute Gasteiger partial charge is 0.173 e. The molecule has 0 aliphatic heterocycles. The Labute approximate surface area is 130 Å². The molecule has 2 aromatic carbocycles. The molecule has 0 aromatic heterocycles. The van der Waals surface area contributed by atoms with Crippen LogP contribution in [-0.2, 0) is 10.4 Å². The molecule has 0 aliphatic rings. The molecular weight excluding hydrogens is 280 g/mol. The third-order valence-electron chi connectivity index (χ3n) is 3.74. The molecule has 0 amide bonds. The summed E-state index contributed by atoms with van der Waals surface area (Å²) in [6.45, 7) is 1.74. The number of rotatable bonds is 6. The molecular formula is C18H20O4. The molecule has 2 rings (SSSR count). The number of aliphatic hydroxyl groups is 1. The number of hydrogen-bond acceptors (Lipinski definition) is 4. The first-order valence-corrected chi connectivity index (χ1v) is 7.11. The van der Waals surface area contributed by atoms with Crippen LogP contribution in [0, 0.1) is 0 Å². The van der Waals surface area contributed by atoms with Gasteiger partial charge in [-0.3, -0.25) is 4.79 Å². The Morgan fingerprint density at radius 1 is 0.909 bits per heavy atom. The molecule has 0 saturated heterocycles. The van der Waals surface area contributed by atoms with Crippen LogP contribution in [0.15, 0.2) is 48.5 Å². The Morgan fingerprint density at radius 3 is 1.55 bits per heavy atom. The fourth-order valence-corrected chi connectivity index (χ4v) is 2.41. The van der Waals surface area contributed by atoms with Crippen molar-refractivity contribution < 1.29 is 19.4 Å². The molecule has 22 heavy (non-hydrogen) atoms. The maximum absolute atomic E-state index is 12.4. The Bertz CT molecular complexity index is 582. The molecule has 1 N–H and O–H groups in total. The highest BCUT2D eigenvalue weighted by Gasteiger charge is 2.38. The third kappa shape index (κ3) is 2.83. The van der Waals surface area contributed by atoms with Crippen LogP contribution >= 0.6 is 0 Å². The van der Waals surface area contributed by atoms with Gasteiger partial charge in [0.1, 0.15) is 11.5 Å². The summed E-state index contributed by atoms with van der Waals surface area (Å²) in [5.74, 6) is 1.08. The minimum absolute atomic E-state index is 0.231. The number of Topliss-reactive ketones (excluding diaryl/α,β-unsaturated/α-hetero) is 1. The largest absolute Gasteiger partial charge is 0.497 e. The number of carbonyl (C=O) groups excluding carboxylic acids is 1. The lowest BCUT2D eigenvalue weighted by Crippen LogP contribution is -2.36. The average Bonchev–Trinajstić information content (AvgIpc) is 2.60. The fourth-order valence-electron chi connectivity index (χ4n) is 2.41. The molecule has 0 atom stereocenters. The maximum Gasteiger partial charge on any atom is 0.173 e. The lowest BCUT2D eigenvalue weighted by molar-refractivity contribution is -0.134. The van der Waals surface area contributed by atoms with Crippen LogP contribution < -0.4 is 9.47 Å². The standard InChI is InChI=1S/C18H20O4/c1-4-17(19)18(20,13-5-9-15(21-2)10-6-13)14-7-11-16(22-3)12-8-14/h5-12,20H,4H2,1-3H3. The van der Waals surface area contributed by atoms with Crippen molar-refractivity contribution in [3.63, 3.8) is 0 Å². The van der Waals surface area contributed by atoms with Crippen molar-refractivity contribution in [1.82, 2.24) is 0 Å². The number of carbonyl (C=O) groups is 1. The average molecular weight is 300 g/mol. The number of ether oxygens (including phenoxy) is 2. The van der Waals surface area contributed by atoms with Gasteiger partial charge in [-0.05, 0) is 35.4 Å². The summed E-state index contributed by atoms with van der Waals surface area (Å²) in [5.41, 5.74) is -0.636. The highest BCUT2D eigenvalue weighted by molar-refractivity contribution is 5.91. The molecule has 0 aliphatic carbocycles. The molecule has 0 radical (unpaired) electrons. The van der Waals surface area contributed by atoms with Gasteiger partial charge in [0.25, 0.3) is 0 Å². The van der Waals surface area contributed by atoms with E-state index < -0.39 is 5.60 Å². The van der Waals surface area contributed by atoms with E-state index in [0.29, 0.717) is 22.6 Å². The fraction of sp³-hybridized carbons (Fsp3) is 0.278. The number of benzene rings is 2. The monoisotopic (exact) mass is 300 g/mol. The first kappa shape index (κ1) is 16.0. The molecule has 0 heterocycles. The van der Waals surface area contributed by atoms with E-state index in [-0.39, 0.29) is 12.2 Å². The summed E-state index contributed by atoms with van der Waals surface area (Å²) in [6.07, 6.45) is 0.231. The van der Waals surface area contributed by atoms with Crippen LogP contribution in [0.2, 0.25) is 0 Å². The van der Waals surface area contributed by atoms with E-state index in [1.165, 1.54) is 0 Å². The zero-order valence-electron chi connectivity index (χ0n) is 13.0. The van der Waals surface area contributed by atoms with E-state index in [2.05, 4.69) is 0 Å². The van der Waals surface area contributed by atoms with E-state index >= 15 is 0 Å². The van der Waals surface area contributed by atoms with Crippen LogP contribution in [-0.4, -0.2) is 25.1 Å². The highest BCUT2D eigenvalue weighted by atomic mass is 16.5. The molecule has 2 aromatic rings. The normalized spacial score (nSPS) is 11.1. The summed E-state index contributed by atoms with van der Waals surface area (Å²) in [6, 6.07) is 13.7. The van der Waals surface area contributed by atoms with Crippen LogP contribution in [0.3, 0.4) is 0 Å². The first-order chi connectivity index (χ1) is 10.6. The topological polar surface area (TPSA) is 55.8 Å². The van der Waals surface area contributed by atoms with Gasteiger partial charge in [0.2, 0.25) is 0 Å². The van der Waals surface area contributed by atoms with E-state index in [1.807, 2.05) is 0 Å². The lowest BCUT2D eigenvalue weighted by Gasteiger charge is -2.27. The maximum atomic E-state index is 12.4. The number of ketones is 1. The van der Waals surface area contributed by atoms with Gasteiger partial charge in [0.15, 0.2) is 11.4 Å². The number of methoxy groups -OCH3 is 2. The molecule has 116 valence electrons. The summed E-state index contributed by atoms with van der Waals surface area (Å²) >= 11 is 0. The van der Waals surface area contributed by atoms with Crippen molar-refractivity contribution in [1.29, 1.82) is 0 Å². The molecule has 0 unspecified atom stereocenters. The second-order valence-electron chi connectivity index (χ2n) is 4.94. The van der Waals surface area contributed by atoms with E-state index in [0.717, 1.165) is 0 Å². The van der Waals surface area contributed by atoms with Gasteiger partial charge >= 0.3 is 0 Å². The van der Waals surface area contributed by atoms with Crippen molar-refractivity contribution in [2.75, 3.05) is 14.2 Å². The summed E-state index contributed by atoms with van der Waals surface area (Å²) in [4.78, 5) is 12.4. The van der Waals surface area contributed by atoms with Gasteiger partial charge in [-0.2, -0.15) is 0 Å². The zero-order chi connectivity index (χ0) is 16.2. The first-order valence-electron chi connectivity index (χ1n) is 7.11. The van der Waals surface area contributed by atoms with Gasteiger partial charge in [-0.25, -0.2) is 0 Å². The molecule has 0 spiro atoms. The minimum Gasteiger partial charge on any atom is -0.497 e. The molecule has 0 fully saturated rings. The second-order valence-corrected chi connectivity index (χ2v) is 4.94. The van der Waals surface area contributed by atoms with Crippen molar-refractivity contribution >= 4 is 5.78 Å². The van der Waals surface area contributed by atoms with Gasteiger partial charge in [0, 0.05) is 6.42 Å². The molecule has 4 nitrogen and oxygen atoms in total. The second kappa shape index (κ2) is 6.62. The Kier molecular flexibility index (Phi) is 4.83. The van der Waals surface area contributed by atoms with Crippen LogP contribution in [0.5, 0.6) is 11.5 Å². The van der Waals surface area contributed by atoms with Gasteiger partial charge in [-0.1, -0.05) is 31.2 Å². The highest BCUT2D eigenvalue weighted by Crippen LogP contribution is 2.33. The predicted octanol–water partition coefficient (Wildman–Crippen LogP) is 2.92. The Balaban J connectivity index is 2.52. The van der Waals surface area contributed by atoms with E-state index in [4.69, 9.17) is 9.47 Å². The Morgan fingerprint density at radius 2 is 1.27 bits per heavy atom.